The van der Waals surface area contributed by atoms with Crippen LogP contribution in [0.15, 0.2) is 0 Å². The van der Waals surface area contributed by atoms with Crippen LogP contribution in [-0.2, 0) is 4.79 Å². The average molecular weight is 268 g/mol. The van der Waals surface area contributed by atoms with Crippen LogP contribution in [0.3, 0.4) is 0 Å². The summed E-state index contributed by atoms with van der Waals surface area (Å²) in [5.41, 5.74) is 6.06. The Morgan fingerprint density at radius 3 is 2.63 bits per heavy atom. The fourth-order valence-electron chi connectivity index (χ4n) is 3.01. The van der Waals surface area contributed by atoms with Gasteiger partial charge < -0.3 is 10.6 Å². The molecule has 1 fully saturated rings. The molecule has 0 radical (unpaired) electrons. The predicted molar refractivity (Wildman–Crippen MR) is 80.9 cm³/mol. The summed E-state index contributed by atoms with van der Waals surface area (Å²) in [5, 5.41) is 0. The van der Waals surface area contributed by atoms with Crippen molar-refractivity contribution in [2.45, 2.75) is 78.3 Å². The van der Waals surface area contributed by atoms with Crippen LogP contribution in [0.1, 0.15) is 66.2 Å². The Morgan fingerprint density at radius 1 is 1.37 bits per heavy atom. The molecule has 19 heavy (non-hydrogen) atoms. The third kappa shape index (κ3) is 4.48. The summed E-state index contributed by atoms with van der Waals surface area (Å²) in [6, 6.07) is 0.569. The molecular weight excluding hydrogens is 236 g/mol. The maximum Gasteiger partial charge on any atom is 0.226 e. The standard InChI is InChI=1S/C16H32N2O/c1-5-7-10-18(13(4)6-2)16(19)15-11-14(17)9-8-12(15)3/h12-15H,5-11,17H2,1-4H3. The lowest BCUT2D eigenvalue weighted by atomic mass is 9.77. The van der Waals surface area contributed by atoms with Crippen molar-refractivity contribution in [1.82, 2.24) is 4.90 Å². The van der Waals surface area contributed by atoms with E-state index in [1.54, 1.807) is 0 Å². The van der Waals surface area contributed by atoms with E-state index in [1.807, 2.05) is 0 Å². The molecule has 3 nitrogen and oxygen atoms in total. The first-order valence-electron chi connectivity index (χ1n) is 8.07. The van der Waals surface area contributed by atoms with Crippen molar-refractivity contribution in [3.05, 3.63) is 0 Å². The predicted octanol–water partition coefficient (Wildman–Crippen LogP) is 3.18. The monoisotopic (exact) mass is 268 g/mol. The molecule has 1 amide bonds. The second kappa shape index (κ2) is 7.88. The van der Waals surface area contributed by atoms with E-state index in [4.69, 9.17) is 5.73 Å². The Morgan fingerprint density at radius 2 is 2.05 bits per heavy atom. The number of carbonyl (C=O) groups is 1. The van der Waals surface area contributed by atoms with Gasteiger partial charge in [-0.3, -0.25) is 4.79 Å². The first-order chi connectivity index (χ1) is 9.01. The van der Waals surface area contributed by atoms with Crippen LogP contribution in [-0.4, -0.2) is 29.4 Å². The third-order valence-corrected chi connectivity index (χ3v) is 4.71. The largest absolute Gasteiger partial charge is 0.340 e. The minimum absolute atomic E-state index is 0.148. The zero-order chi connectivity index (χ0) is 14.4. The minimum Gasteiger partial charge on any atom is -0.340 e. The lowest BCUT2D eigenvalue weighted by Crippen LogP contribution is -2.47. The van der Waals surface area contributed by atoms with Gasteiger partial charge >= 0.3 is 0 Å². The minimum atomic E-state index is 0.148. The van der Waals surface area contributed by atoms with Gasteiger partial charge in [0, 0.05) is 24.5 Å². The second-order valence-electron chi connectivity index (χ2n) is 6.30. The summed E-state index contributed by atoms with van der Waals surface area (Å²) < 4.78 is 0. The van der Waals surface area contributed by atoms with Crippen LogP contribution in [0.5, 0.6) is 0 Å². The molecule has 112 valence electrons. The van der Waals surface area contributed by atoms with Crippen molar-refractivity contribution in [3.8, 4) is 0 Å². The number of hydrogen-bond donors (Lipinski definition) is 1. The van der Waals surface area contributed by atoms with Crippen LogP contribution in [0.4, 0.5) is 0 Å². The Bertz CT molecular complexity index is 280. The van der Waals surface area contributed by atoms with Crippen molar-refractivity contribution in [2.24, 2.45) is 17.6 Å². The number of amides is 1. The fraction of sp³-hybridized carbons (Fsp3) is 0.938. The molecule has 1 aliphatic rings. The molecule has 0 aliphatic heterocycles. The van der Waals surface area contributed by atoms with Gasteiger partial charge in [0.2, 0.25) is 5.91 Å². The maximum atomic E-state index is 12.8. The number of nitrogens with two attached hydrogens (primary N) is 1. The molecule has 1 saturated carbocycles. The fourth-order valence-corrected chi connectivity index (χ4v) is 3.01. The molecule has 4 unspecified atom stereocenters. The molecule has 0 spiro atoms. The molecule has 0 saturated heterocycles. The Kier molecular flexibility index (Phi) is 6.84. The van der Waals surface area contributed by atoms with Crippen LogP contribution in [0.2, 0.25) is 0 Å². The normalized spacial score (nSPS) is 29.0. The van der Waals surface area contributed by atoms with Gasteiger partial charge in [0.15, 0.2) is 0 Å². The number of rotatable bonds is 6. The molecule has 2 N–H and O–H groups in total. The molecule has 0 aromatic carbocycles. The zero-order valence-electron chi connectivity index (χ0n) is 13.2. The lowest BCUT2D eigenvalue weighted by molar-refractivity contribution is -0.140. The van der Waals surface area contributed by atoms with Crippen LogP contribution < -0.4 is 5.73 Å². The number of carbonyl (C=O) groups excluding carboxylic acids is 1. The number of unbranched alkanes of at least 4 members (excludes halogenated alkanes) is 1. The molecule has 4 atom stereocenters. The zero-order valence-corrected chi connectivity index (χ0v) is 13.2. The smallest absolute Gasteiger partial charge is 0.226 e. The van der Waals surface area contributed by atoms with Gasteiger partial charge in [-0.05, 0) is 44.9 Å². The quantitative estimate of drug-likeness (QED) is 0.804. The lowest BCUT2D eigenvalue weighted by Gasteiger charge is -2.37. The van der Waals surface area contributed by atoms with Crippen molar-refractivity contribution in [1.29, 1.82) is 0 Å². The van der Waals surface area contributed by atoms with Crippen molar-refractivity contribution in [3.63, 3.8) is 0 Å². The highest BCUT2D eigenvalue weighted by Crippen LogP contribution is 2.31. The Hall–Kier alpha value is -0.570. The summed E-state index contributed by atoms with van der Waals surface area (Å²) >= 11 is 0. The van der Waals surface area contributed by atoms with Gasteiger partial charge in [0.05, 0.1) is 0 Å². The summed E-state index contributed by atoms with van der Waals surface area (Å²) in [5.74, 6) is 0.987. The highest BCUT2D eigenvalue weighted by Gasteiger charge is 2.34. The highest BCUT2D eigenvalue weighted by atomic mass is 16.2. The molecule has 0 bridgehead atoms. The number of nitrogens with zero attached hydrogens (tertiary/aromatic N) is 1. The summed E-state index contributed by atoms with van der Waals surface area (Å²) in [6.07, 6.45) is 6.31. The average Bonchev–Trinajstić information content (AvgIpc) is 2.41. The highest BCUT2D eigenvalue weighted by molar-refractivity contribution is 5.79. The van der Waals surface area contributed by atoms with Gasteiger partial charge in [-0.15, -0.1) is 0 Å². The molecular formula is C16H32N2O. The molecule has 0 aromatic heterocycles. The van der Waals surface area contributed by atoms with Crippen molar-refractivity contribution < 1.29 is 4.79 Å². The Labute approximate surface area is 118 Å². The van der Waals surface area contributed by atoms with E-state index in [-0.39, 0.29) is 12.0 Å². The van der Waals surface area contributed by atoms with Gasteiger partial charge in [-0.1, -0.05) is 27.2 Å². The van der Waals surface area contributed by atoms with Crippen molar-refractivity contribution in [2.75, 3.05) is 6.54 Å². The maximum absolute atomic E-state index is 12.8. The van der Waals surface area contributed by atoms with Gasteiger partial charge in [-0.25, -0.2) is 0 Å². The Balaban J connectivity index is 2.73. The third-order valence-electron chi connectivity index (χ3n) is 4.71. The van der Waals surface area contributed by atoms with Crippen molar-refractivity contribution >= 4 is 5.91 Å². The molecule has 1 aliphatic carbocycles. The van der Waals surface area contributed by atoms with Gasteiger partial charge in [0.1, 0.15) is 0 Å². The number of hydrogen-bond acceptors (Lipinski definition) is 2. The molecule has 3 heteroatoms. The summed E-state index contributed by atoms with van der Waals surface area (Å²) in [7, 11) is 0. The van der Waals surface area contributed by atoms with Gasteiger partial charge in [-0.2, -0.15) is 0 Å². The van der Waals surface area contributed by atoms with E-state index in [1.165, 1.54) is 0 Å². The second-order valence-corrected chi connectivity index (χ2v) is 6.30. The van der Waals surface area contributed by atoms with E-state index < -0.39 is 0 Å². The molecule has 0 aromatic rings. The van der Waals surface area contributed by atoms with E-state index in [9.17, 15) is 4.79 Å². The summed E-state index contributed by atoms with van der Waals surface area (Å²) in [6.45, 7) is 9.62. The molecule has 0 heterocycles. The van der Waals surface area contributed by atoms with E-state index in [0.717, 1.165) is 45.1 Å². The van der Waals surface area contributed by atoms with E-state index in [2.05, 4.69) is 32.6 Å². The first kappa shape index (κ1) is 16.5. The topological polar surface area (TPSA) is 46.3 Å². The SMILES string of the molecule is CCCCN(C(=O)C1CC(N)CCC1C)C(C)CC. The van der Waals surface area contributed by atoms with E-state index in [0.29, 0.717) is 17.9 Å². The molecule has 1 rings (SSSR count). The van der Waals surface area contributed by atoms with Gasteiger partial charge in [0.25, 0.3) is 0 Å². The first-order valence-corrected chi connectivity index (χ1v) is 8.07. The van der Waals surface area contributed by atoms with Crippen LogP contribution in [0, 0.1) is 11.8 Å². The summed E-state index contributed by atoms with van der Waals surface area (Å²) in [4.78, 5) is 14.9. The van der Waals surface area contributed by atoms with E-state index >= 15 is 0 Å². The van der Waals surface area contributed by atoms with Crippen LogP contribution in [0.25, 0.3) is 0 Å². The van der Waals surface area contributed by atoms with Crippen LogP contribution >= 0.6 is 0 Å².